The summed E-state index contributed by atoms with van der Waals surface area (Å²) in [4.78, 5) is 43.1. The number of nitrogens with zero attached hydrogens (tertiary/aromatic N) is 3. The van der Waals surface area contributed by atoms with Gasteiger partial charge in [0.25, 0.3) is 0 Å². The van der Waals surface area contributed by atoms with Crippen LogP contribution in [0, 0.1) is 11.7 Å². The van der Waals surface area contributed by atoms with Gasteiger partial charge in [0.1, 0.15) is 5.82 Å². The molecule has 0 saturated carbocycles. The molecule has 8 nitrogen and oxygen atoms in total. The van der Waals surface area contributed by atoms with E-state index in [2.05, 4.69) is 10.6 Å². The third kappa shape index (κ3) is 5.79. The zero-order valence-electron chi connectivity index (χ0n) is 18.4. The molecule has 2 aromatic rings. The van der Waals surface area contributed by atoms with Crippen molar-refractivity contribution in [2.75, 3.05) is 49.9 Å². The normalized spacial score (nSPS) is 16.9. The van der Waals surface area contributed by atoms with Gasteiger partial charge in [-0.05, 0) is 49.2 Å². The highest BCUT2D eigenvalue weighted by Gasteiger charge is 2.32. The molecule has 0 spiro atoms. The largest absolute Gasteiger partial charge is 0.339 e. The summed E-state index contributed by atoms with van der Waals surface area (Å²) in [7, 11) is 0. The summed E-state index contributed by atoms with van der Waals surface area (Å²) in [5.74, 6) is -0.371. The quantitative estimate of drug-likeness (QED) is 0.747. The molecule has 9 heteroatoms. The number of halogens is 1. The Labute approximate surface area is 192 Å². The molecule has 5 amide bonds. The van der Waals surface area contributed by atoms with E-state index in [1.54, 1.807) is 9.80 Å². The van der Waals surface area contributed by atoms with Crippen LogP contribution in [-0.4, -0.2) is 71.9 Å². The fraction of sp³-hybridized carbons (Fsp3) is 0.375. The van der Waals surface area contributed by atoms with E-state index in [0.717, 1.165) is 5.69 Å². The van der Waals surface area contributed by atoms with Crippen molar-refractivity contribution in [3.63, 3.8) is 0 Å². The van der Waals surface area contributed by atoms with Crippen molar-refractivity contribution in [2.24, 2.45) is 5.92 Å². The topological polar surface area (TPSA) is 85.0 Å². The minimum Gasteiger partial charge on any atom is -0.339 e. The number of nitrogens with one attached hydrogen (secondary N) is 2. The Balaban J connectivity index is 1.20. The van der Waals surface area contributed by atoms with E-state index in [9.17, 15) is 18.8 Å². The van der Waals surface area contributed by atoms with E-state index in [0.29, 0.717) is 57.8 Å². The molecule has 0 aromatic heterocycles. The molecule has 0 bridgehead atoms. The Morgan fingerprint density at radius 3 is 1.73 bits per heavy atom. The molecule has 0 atom stereocenters. The Hall–Kier alpha value is -3.62. The third-order valence-corrected chi connectivity index (χ3v) is 6.13. The first-order valence-corrected chi connectivity index (χ1v) is 11.2. The van der Waals surface area contributed by atoms with Crippen molar-refractivity contribution in [1.29, 1.82) is 0 Å². The molecule has 2 aliphatic heterocycles. The number of piperazine rings is 1. The second-order valence-corrected chi connectivity index (χ2v) is 8.31. The Morgan fingerprint density at radius 2 is 1.15 bits per heavy atom. The van der Waals surface area contributed by atoms with Gasteiger partial charge in [0, 0.05) is 56.6 Å². The van der Waals surface area contributed by atoms with Crippen LogP contribution in [0.25, 0.3) is 0 Å². The second kappa shape index (κ2) is 10.3. The first-order chi connectivity index (χ1) is 16.0. The number of hydrogen-bond donors (Lipinski definition) is 2. The van der Waals surface area contributed by atoms with Crippen molar-refractivity contribution in [1.82, 2.24) is 14.7 Å². The lowest BCUT2D eigenvalue weighted by Gasteiger charge is -2.38. The molecule has 0 unspecified atom stereocenters. The molecule has 0 radical (unpaired) electrons. The molecule has 4 rings (SSSR count). The monoisotopic (exact) mass is 453 g/mol. The lowest BCUT2D eigenvalue weighted by atomic mass is 9.95. The van der Waals surface area contributed by atoms with Crippen molar-refractivity contribution < 1.29 is 18.8 Å². The smallest absolute Gasteiger partial charge is 0.321 e. The average molecular weight is 454 g/mol. The lowest BCUT2D eigenvalue weighted by molar-refractivity contribution is -0.138. The Kier molecular flexibility index (Phi) is 7.07. The van der Waals surface area contributed by atoms with Gasteiger partial charge in [-0.3, -0.25) is 4.79 Å². The highest BCUT2D eigenvalue weighted by molar-refractivity contribution is 5.90. The Morgan fingerprint density at radius 1 is 0.667 bits per heavy atom. The maximum absolute atomic E-state index is 13.0. The molecule has 2 heterocycles. The van der Waals surface area contributed by atoms with Crippen LogP contribution in [0.1, 0.15) is 12.8 Å². The van der Waals surface area contributed by atoms with Gasteiger partial charge in [-0.2, -0.15) is 0 Å². The number of amides is 5. The second-order valence-electron chi connectivity index (χ2n) is 8.31. The number of anilines is 2. The first-order valence-electron chi connectivity index (χ1n) is 11.2. The summed E-state index contributed by atoms with van der Waals surface area (Å²) in [6, 6.07) is 14.5. The van der Waals surface area contributed by atoms with Crippen LogP contribution in [0.3, 0.4) is 0 Å². The van der Waals surface area contributed by atoms with Gasteiger partial charge in [0.15, 0.2) is 0 Å². The molecule has 0 aliphatic carbocycles. The molecule has 33 heavy (non-hydrogen) atoms. The van der Waals surface area contributed by atoms with Crippen LogP contribution >= 0.6 is 0 Å². The highest BCUT2D eigenvalue weighted by atomic mass is 19.1. The maximum Gasteiger partial charge on any atom is 0.321 e. The molecule has 174 valence electrons. The number of benzene rings is 2. The highest BCUT2D eigenvalue weighted by Crippen LogP contribution is 2.22. The van der Waals surface area contributed by atoms with Gasteiger partial charge in [0.2, 0.25) is 5.91 Å². The number of urea groups is 2. The third-order valence-electron chi connectivity index (χ3n) is 6.13. The van der Waals surface area contributed by atoms with Gasteiger partial charge in [-0.1, -0.05) is 18.2 Å². The summed E-state index contributed by atoms with van der Waals surface area (Å²) in [5, 5.41) is 5.64. The number of para-hydroxylation sites is 1. The predicted molar refractivity (Wildman–Crippen MR) is 123 cm³/mol. The van der Waals surface area contributed by atoms with Crippen LogP contribution in [0.4, 0.5) is 25.4 Å². The van der Waals surface area contributed by atoms with E-state index >= 15 is 0 Å². The van der Waals surface area contributed by atoms with Crippen LogP contribution in [0.2, 0.25) is 0 Å². The van der Waals surface area contributed by atoms with E-state index < -0.39 is 0 Å². The number of likely N-dealkylation sites (tertiary alicyclic amines) is 1. The fourth-order valence-corrected chi connectivity index (χ4v) is 4.18. The molecule has 2 saturated heterocycles. The minimum absolute atomic E-state index is 0.0942. The van der Waals surface area contributed by atoms with Gasteiger partial charge in [0.05, 0.1) is 0 Å². The summed E-state index contributed by atoms with van der Waals surface area (Å²) in [6.45, 7) is 2.91. The zero-order valence-corrected chi connectivity index (χ0v) is 18.4. The molecule has 2 fully saturated rings. The van der Waals surface area contributed by atoms with Crippen molar-refractivity contribution in [3.8, 4) is 0 Å². The lowest BCUT2D eigenvalue weighted by Crippen LogP contribution is -2.54. The summed E-state index contributed by atoms with van der Waals surface area (Å²) < 4.78 is 13.0. The van der Waals surface area contributed by atoms with Crippen molar-refractivity contribution in [3.05, 3.63) is 60.4 Å². The molecular weight excluding hydrogens is 425 g/mol. The van der Waals surface area contributed by atoms with Gasteiger partial charge in [-0.15, -0.1) is 0 Å². The molecule has 2 N–H and O–H groups in total. The van der Waals surface area contributed by atoms with Crippen LogP contribution < -0.4 is 10.6 Å². The van der Waals surface area contributed by atoms with Crippen molar-refractivity contribution in [2.45, 2.75) is 12.8 Å². The molecule has 2 aliphatic rings. The van der Waals surface area contributed by atoms with Gasteiger partial charge < -0.3 is 25.3 Å². The summed E-state index contributed by atoms with van der Waals surface area (Å²) >= 11 is 0. The van der Waals surface area contributed by atoms with E-state index in [4.69, 9.17) is 0 Å². The van der Waals surface area contributed by atoms with Gasteiger partial charge in [-0.25, -0.2) is 14.0 Å². The van der Waals surface area contributed by atoms with E-state index in [1.807, 2.05) is 35.2 Å². The maximum atomic E-state index is 13.0. The Bertz CT molecular complexity index is 969. The molecule has 2 aromatic carbocycles. The summed E-state index contributed by atoms with van der Waals surface area (Å²) in [5.41, 5.74) is 1.28. The zero-order chi connectivity index (χ0) is 23.2. The van der Waals surface area contributed by atoms with Crippen LogP contribution in [0.5, 0.6) is 0 Å². The van der Waals surface area contributed by atoms with Crippen molar-refractivity contribution >= 4 is 29.3 Å². The minimum atomic E-state index is -0.359. The SMILES string of the molecule is O=C(Nc1ccccc1)N1CCC(C(=O)N2CCN(C(=O)Nc3ccc(F)cc3)CC2)CC1. The van der Waals surface area contributed by atoms with Crippen LogP contribution in [0.15, 0.2) is 54.6 Å². The van der Waals surface area contributed by atoms with Gasteiger partial charge >= 0.3 is 12.1 Å². The fourth-order valence-electron chi connectivity index (χ4n) is 4.18. The predicted octanol–water partition coefficient (Wildman–Crippen LogP) is 3.45. The van der Waals surface area contributed by atoms with E-state index in [1.165, 1.54) is 24.3 Å². The first kappa shape index (κ1) is 22.6. The van der Waals surface area contributed by atoms with E-state index in [-0.39, 0.29) is 29.7 Å². The summed E-state index contributed by atoms with van der Waals surface area (Å²) in [6.07, 6.45) is 1.26. The molecular formula is C24H28FN5O3. The number of hydrogen-bond acceptors (Lipinski definition) is 3. The average Bonchev–Trinajstić information content (AvgIpc) is 2.86. The number of carbonyl (C=O) groups excluding carboxylic acids is 3. The number of carbonyl (C=O) groups is 3. The van der Waals surface area contributed by atoms with Crippen LogP contribution in [-0.2, 0) is 4.79 Å². The number of piperidine rings is 1. The number of rotatable bonds is 3. The standard InChI is InChI=1S/C24H28FN5O3/c25-19-6-8-21(9-7-19)27-24(33)30-16-14-28(15-17-30)22(31)18-10-12-29(13-11-18)23(32)26-20-4-2-1-3-5-20/h1-9,18H,10-17H2,(H,26,32)(H,27,33).